The molecule has 0 atom stereocenters. The van der Waals surface area contributed by atoms with Crippen LogP contribution in [-0.2, 0) is 17.4 Å². The van der Waals surface area contributed by atoms with Crippen LogP contribution >= 0.6 is 15.9 Å². The first-order valence-corrected chi connectivity index (χ1v) is 6.39. The Labute approximate surface area is 125 Å². The Balaban J connectivity index is 2.91. The average Bonchev–Trinajstić information content (AvgIpc) is 2.38. The number of rotatable bonds is 5. The monoisotopic (exact) mass is 363 g/mol. The molecule has 0 bridgehead atoms. The second-order valence-corrected chi connectivity index (χ2v) is 4.78. The van der Waals surface area contributed by atoms with E-state index in [1.807, 2.05) is 0 Å². The van der Waals surface area contributed by atoms with Crippen LogP contribution in [0.1, 0.15) is 17.5 Å². The molecule has 1 aromatic carbocycles. The van der Waals surface area contributed by atoms with Gasteiger partial charge in [0.05, 0.1) is 5.56 Å². The van der Waals surface area contributed by atoms with Gasteiger partial charge in [0.1, 0.15) is 5.70 Å². The number of carboxylic acid groups (broad SMARTS) is 1. The Bertz CT molecular complexity index is 619. The highest BCUT2D eigenvalue weighted by atomic mass is 79.9. The third kappa shape index (κ3) is 5.13. The summed E-state index contributed by atoms with van der Waals surface area (Å²) in [6, 6.07) is 3.23. The van der Waals surface area contributed by atoms with Crippen LogP contribution in [0.4, 0.5) is 13.2 Å². The number of nitrogens with zero attached hydrogens (tertiary/aromatic N) is 3. The van der Waals surface area contributed by atoms with Gasteiger partial charge in [0.15, 0.2) is 0 Å². The SMILES string of the molecule is [N-]=[N+]=NC(=CCCc1cc(C(F)(F)F)ccc1Br)C(=O)O. The number of alkyl halides is 3. The molecule has 0 aromatic heterocycles. The van der Waals surface area contributed by atoms with Crippen LogP contribution in [0.3, 0.4) is 0 Å². The first kappa shape index (κ1) is 17.1. The molecule has 0 saturated heterocycles. The smallest absolute Gasteiger partial charge is 0.416 e. The minimum atomic E-state index is -4.44. The van der Waals surface area contributed by atoms with E-state index in [0.29, 0.717) is 10.0 Å². The lowest BCUT2D eigenvalue weighted by Crippen LogP contribution is -2.05. The highest BCUT2D eigenvalue weighted by molar-refractivity contribution is 9.10. The lowest BCUT2D eigenvalue weighted by Gasteiger charge is -2.10. The first-order chi connectivity index (χ1) is 9.75. The van der Waals surface area contributed by atoms with Gasteiger partial charge in [-0.1, -0.05) is 27.1 Å². The van der Waals surface area contributed by atoms with Crippen LogP contribution < -0.4 is 0 Å². The number of halogens is 4. The summed E-state index contributed by atoms with van der Waals surface area (Å²) in [7, 11) is 0. The maximum absolute atomic E-state index is 12.6. The molecule has 112 valence electrons. The van der Waals surface area contributed by atoms with Crippen molar-refractivity contribution >= 4 is 21.9 Å². The summed E-state index contributed by atoms with van der Waals surface area (Å²) in [5.41, 5.74) is 7.31. The lowest BCUT2D eigenvalue weighted by molar-refractivity contribution is -0.137. The van der Waals surface area contributed by atoms with Gasteiger partial charge in [0.25, 0.3) is 0 Å². The van der Waals surface area contributed by atoms with Crippen LogP contribution in [0, 0.1) is 0 Å². The Hall–Kier alpha value is -1.99. The minimum absolute atomic E-state index is 0.126. The molecule has 0 saturated carbocycles. The number of azide groups is 1. The largest absolute Gasteiger partial charge is 0.478 e. The molecule has 0 heterocycles. The van der Waals surface area contributed by atoms with Gasteiger partial charge in [-0.05, 0) is 42.1 Å². The summed E-state index contributed by atoms with van der Waals surface area (Å²) >= 11 is 3.14. The zero-order valence-electron chi connectivity index (χ0n) is 10.4. The predicted octanol–water partition coefficient (Wildman–Crippen LogP) is 4.68. The van der Waals surface area contributed by atoms with Crippen molar-refractivity contribution in [3.63, 3.8) is 0 Å². The molecule has 1 rings (SSSR count). The van der Waals surface area contributed by atoms with Crippen molar-refractivity contribution in [2.75, 3.05) is 0 Å². The lowest BCUT2D eigenvalue weighted by atomic mass is 10.1. The van der Waals surface area contributed by atoms with Crippen molar-refractivity contribution in [1.29, 1.82) is 0 Å². The molecular weight excluding hydrogens is 355 g/mol. The quantitative estimate of drug-likeness (QED) is 0.356. The van der Waals surface area contributed by atoms with E-state index in [1.165, 1.54) is 6.07 Å². The molecule has 5 nitrogen and oxygen atoms in total. The third-order valence-corrected chi connectivity index (χ3v) is 3.27. The van der Waals surface area contributed by atoms with E-state index >= 15 is 0 Å². The third-order valence-electron chi connectivity index (χ3n) is 2.50. The number of carbonyl (C=O) groups is 1. The van der Waals surface area contributed by atoms with Crippen molar-refractivity contribution < 1.29 is 23.1 Å². The predicted molar refractivity (Wildman–Crippen MR) is 72.3 cm³/mol. The van der Waals surface area contributed by atoms with Crippen LogP contribution in [0.25, 0.3) is 10.4 Å². The molecule has 0 amide bonds. The zero-order valence-corrected chi connectivity index (χ0v) is 12.0. The average molecular weight is 364 g/mol. The molecule has 1 aromatic rings. The second kappa shape index (κ2) is 7.14. The van der Waals surface area contributed by atoms with Gasteiger partial charge in [-0.25, -0.2) is 4.79 Å². The summed E-state index contributed by atoms with van der Waals surface area (Å²) in [6.07, 6.45) is -2.99. The fourth-order valence-electron chi connectivity index (χ4n) is 1.53. The number of aliphatic carboxylic acids is 1. The second-order valence-electron chi connectivity index (χ2n) is 3.93. The maximum Gasteiger partial charge on any atom is 0.416 e. The van der Waals surface area contributed by atoms with Gasteiger partial charge in [0.2, 0.25) is 0 Å². The molecule has 21 heavy (non-hydrogen) atoms. The molecular formula is C12H9BrF3N3O2. The van der Waals surface area contributed by atoms with E-state index in [-0.39, 0.29) is 12.8 Å². The van der Waals surface area contributed by atoms with E-state index < -0.39 is 23.4 Å². The van der Waals surface area contributed by atoms with E-state index in [1.54, 1.807) is 0 Å². The Morgan fingerprint density at radius 1 is 1.48 bits per heavy atom. The molecule has 0 aliphatic rings. The van der Waals surface area contributed by atoms with Crippen molar-refractivity contribution in [3.05, 3.63) is 56.0 Å². The van der Waals surface area contributed by atoms with Gasteiger partial charge in [-0.3, -0.25) is 0 Å². The van der Waals surface area contributed by atoms with Gasteiger partial charge in [0, 0.05) is 9.38 Å². The van der Waals surface area contributed by atoms with Gasteiger partial charge >= 0.3 is 12.1 Å². The van der Waals surface area contributed by atoms with Crippen LogP contribution in [-0.4, -0.2) is 11.1 Å². The molecule has 1 N–H and O–H groups in total. The topological polar surface area (TPSA) is 86.1 Å². The van der Waals surface area contributed by atoms with Crippen LogP contribution in [0.5, 0.6) is 0 Å². The highest BCUT2D eigenvalue weighted by Crippen LogP contribution is 2.32. The van der Waals surface area contributed by atoms with Crippen LogP contribution in [0.15, 0.2) is 39.6 Å². The summed E-state index contributed by atoms with van der Waals surface area (Å²) in [4.78, 5) is 13.1. The number of hydrogen-bond acceptors (Lipinski definition) is 2. The molecule has 0 spiro atoms. The van der Waals surface area contributed by atoms with Crippen molar-refractivity contribution in [2.45, 2.75) is 19.0 Å². The number of allylic oxidation sites excluding steroid dienone is 1. The van der Waals surface area contributed by atoms with Gasteiger partial charge < -0.3 is 5.11 Å². The molecule has 0 radical (unpaired) electrons. The van der Waals surface area contributed by atoms with Crippen LogP contribution in [0.2, 0.25) is 0 Å². The standard InChI is InChI=1S/C12H9BrF3N3O2/c13-9-5-4-8(12(14,15)16)6-7(9)2-1-3-10(11(20)21)18-19-17/h3-6H,1-2H2,(H,20,21). The molecule has 9 heteroatoms. The summed E-state index contributed by atoms with van der Waals surface area (Å²) in [6.45, 7) is 0. The summed E-state index contributed by atoms with van der Waals surface area (Å²) < 4.78 is 38.3. The van der Waals surface area contributed by atoms with E-state index in [9.17, 15) is 18.0 Å². The van der Waals surface area contributed by atoms with E-state index in [2.05, 4.69) is 26.0 Å². The van der Waals surface area contributed by atoms with E-state index in [4.69, 9.17) is 10.6 Å². The maximum atomic E-state index is 12.6. The number of benzene rings is 1. The van der Waals surface area contributed by atoms with Crippen molar-refractivity contribution in [3.8, 4) is 0 Å². The normalized spacial score (nSPS) is 11.9. The van der Waals surface area contributed by atoms with E-state index in [0.717, 1.165) is 18.2 Å². The highest BCUT2D eigenvalue weighted by Gasteiger charge is 2.30. The minimum Gasteiger partial charge on any atom is -0.478 e. The van der Waals surface area contributed by atoms with Crippen molar-refractivity contribution in [2.24, 2.45) is 5.11 Å². The van der Waals surface area contributed by atoms with Gasteiger partial charge in [-0.15, -0.1) is 0 Å². The molecule has 0 unspecified atom stereocenters. The first-order valence-electron chi connectivity index (χ1n) is 5.60. The Morgan fingerprint density at radius 2 is 2.14 bits per heavy atom. The fraction of sp³-hybridized carbons (Fsp3) is 0.250. The Morgan fingerprint density at radius 3 is 2.67 bits per heavy atom. The summed E-state index contributed by atoms with van der Waals surface area (Å²) in [5, 5.41) is 11.7. The Kier molecular flexibility index (Phi) is 5.80. The molecule has 0 fully saturated rings. The number of carboxylic acids is 1. The van der Waals surface area contributed by atoms with Crippen molar-refractivity contribution in [1.82, 2.24) is 0 Å². The molecule has 0 aliphatic carbocycles. The number of hydrogen-bond donors (Lipinski definition) is 1. The fourth-order valence-corrected chi connectivity index (χ4v) is 1.97. The number of aryl methyl sites for hydroxylation is 1. The summed E-state index contributed by atoms with van der Waals surface area (Å²) in [5.74, 6) is -1.39. The zero-order chi connectivity index (χ0) is 16.0. The molecule has 0 aliphatic heterocycles. The van der Waals surface area contributed by atoms with Gasteiger partial charge in [-0.2, -0.15) is 13.2 Å².